The zero-order chi connectivity index (χ0) is 22.6. The fraction of sp³-hybridized carbons (Fsp3) is 0.148. The molecule has 1 aliphatic heterocycles. The highest BCUT2D eigenvalue weighted by Gasteiger charge is 2.29. The first-order chi connectivity index (χ1) is 14.3. The van der Waals surface area contributed by atoms with Gasteiger partial charge in [0.2, 0.25) is 0 Å². The van der Waals surface area contributed by atoms with E-state index in [1.165, 1.54) is 5.56 Å². The van der Waals surface area contributed by atoms with E-state index in [0.29, 0.717) is 5.69 Å². The summed E-state index contributed by atoms with van der Waals surface area (Å²) >= 11 is 1.61. The summed E-state index contributed by atoms with van der Waals surface area (Å²) < 4.78 is 0. The summed E-state index contributed by atoms with van der Waals surface area (Å²) in [6.45, 7) is 21.3. The summed E-state index contributed by atoms with van der Waals surface area (Å²) in [5.41, 5.74) is 9.70. The van der Waals surface area contributed by atoms with E-state index in [9.17, 15) is 0 Å². The topological polar surface area (TPSA) is 38.9 Å². The predicted octanol–water partition coefficient (Wildman–Crippen LogP) is 7.75. The van der Waals surface area contributed by atoms with Crippen molar-refractivity contribution in [3.05, 3.63) is 121 Å². The summed E-state index contributed by atoms with van der Waals surface area (Å²) in [5.74, 6) is 0. The van der Waals surface area contributed by atoms with E-state index in [-0.39, 0.29) is 5.41 Å². The van der Waals surface area contributed by atoms with Gasteiger partial charge in [0.15, 0.2) is 0 Å². The van der Waals surface area contributed by atoms with Crippen LogP contribution in [0.25, 0.3) is 6.08 Å². The van der Waals surface area contributed by atoms with Gasteiger partial charge in [-0.15, -0.1) is 0 Å². The Labute approximate surface area is 186 Å². The zero-order valence-electron chi connectivity index (χ0n) is 18.3. The SMILES string of the molecule is C=C/C=C\C.C=CC1=CC(=C)C(C)(C)c2cc(N)cnc2S1.C=Cc1ccccc1. The number of anilines is 1. The molecule has 1 aromatic heterocycles. The summed E-state index contributed by atoms with van der Waals surface area (Å²) in [6.07, 6.45) is 13.0. The second-order valence-electron chi connectivity index (χ2n) is 7.00. The number of nitrogens with two attached hydrogens (primary N) is 1. The van der Waals surface area contributed by atoms with Gasteiger partial charge < -0.3 is 5.73 Å². The molecule has 0 saturated heterocycles. The van der Waals surface area contributed by atoms with E-state index in [4.69, 9.17) is 5.73 Å². The first kappa shape index (κ1) is 25.0. The van der Waals surface area contributed by atoms with Gasteiger partial charge in [-0.05, 0) is 35.8 Å². The van der Waals surface area contributed by atoms with E-state index in [1.807, 2.05) is 67.6 Å². The van der Waals surface area contributed by atoms with Crippen LogP contribution >= 0.6 is 11.8 Å². The van der Waals surface area contributed by atoms with Crippen LogP contribution in [0, 0.1) is 0 Å². The molecule has 0 unspecified atom stereocenters. The minimum atomic E-state index is -0.157. The average molecular weight is 417 g/mol. The van der Waals surface area contributed by atoms with E-state index in [1.54, 1.807) is 24.0 Å². The first-order valence-electron chi connectivity index (χ1n) is 9.68. The Morgan fingerprint density at radius 3 is 2.20 bits per heavy atom. The molecule has 0 amide bonds. The van der Waals surface area contributed by atoms with Crippen LogP contribution in [0.4, 0.5) is 5.69 Å². The third-order valence-corrected chi connectivity index (χ3v) is 5.48. The van der Waals surface area contributed by atoms with E-state index in [0.717, 1.165) is 21.1 Å². The Morgan fingerprint density at radius 1 is 1.07 bits per heavy atom. The highest BCUT2D eigenvalue weighted by Crippen LogP contribution is 2.43. The van der Waals surface area contributed by atoms with Crippen LogP contribution in [0.2, 0.25) is 0 Å². The van der Waals surface area contributed by atoms with Gasteiger partial charge in [0.1, 0.15) is 5.03 Å². The highest BCUT2D eigenvalue weighted by atomic mass is 32.2. The van der Waals surface area contributed by atoms with Crippen LogP contribution in [0.15, 0.2) is 115 Å². The number of aromatic nitrogens is 1. The van der Waals surface area contributed by atoms with Crippen LogP contribution in [0.1, 0.15) is 31.9 Å². The molecule has 3 heteroatoms. The maximum absolute atomic E-state index is 5.83. The van der Waals surface area contributed by atoms with Crippen molar-refractivity contribution in [2.75, 3.05) is 5.73 Å². The molecule has 0 bridgehead atoms. The molecule has 2 nitrogen and oxygen atoms in total. The van der Waals surface area contributed by atoms with Gasteiger partial charge in [-0.3, -0.25) is 0 Å². The summed E-state index contributed by atoms with van der Waals surface area (Å²) in [5, 5.41) is 0.981. The lowest BCUT2D eigenvalue weighted by molar-refractivity contribution is 0.622. The number of benzene rings is 1. The summed E-state index contributed by atoms with van der Waals surface area (Å²) in [4.78, 5) is 5.48. The van der Waals surface area contributed by atoms with Crippen LogP contribution in [0.3, 0.4) is 0 Å². The third-order valence-electron chi connectivity index (χ3n) is 4.44. The van der Waals surface area contributed by atoms with E-state index >= 15 is 0 Å². The number of thioether (sulfide) groups is 1. The van der Waals surface area contributed by atoms with Gasteiger partial charge in [-0.2, -0.15) is 0 Å². The molecule has 0 radical (unpaired) electrons. The molecule has 2 aromatic rings. The second-order valence-corrected chi connectivity index (χ2v) is 8.06. The minimum absolute atomic E-state index is 0.157. The van der Waals surface area contributed by atoms with Crippen molar-refractivity contribution in [2.24, 2.45) is 0 Å². The lowest BCUT2D eigenvalue weighted by atomic mass is 9.79. The van der Waals surface area contributed by atoms with Crippen molar-refractivity contribution in [1.82, 2.24) is 4.98 Å². The number of nitrogen functional groups attached to an aromatic ring is 1. The normalized spacial score (nSPS) is 14.0. The summed E-state index contributed by atoms with van der Waals surface area (Å²) in [7, 11) is 0. The van der Waals surface area contributed by atoms with Crippen molar-refractivity contribution in [3.8, 4) is 0 Å². The van der Waals surface area contributed by atoms with Crippen molar-refractivity contribution >= 4 is 23.5 Å². The number of fused-ring (bicyclic) bond motifs is 1. The van der Waals surface area contributed by atoms with Crippen molar-refractivity contribution in [2.45, 2.75) is 31.2 Å². The van der Waals surface area contributed by atoms with Crippen molar-refractivity contribution in [1.29, 1.82) is 0 Å². The third kappa shape index (κ3) is 7.41. The standard InChI is InChI=1S/C14H16N2S.C8H8.C5H8/c1-5-11-6-9(2)14(3,4)12-7-10(15)8-16-13(12)17-11;1-2-8-6-4-3-5-7-8;1-3-5-4-2/h5-8H,1-2,15H2,3-4H3;2-7H,1H2;3-5H,1H2,2H3/b;;5-4-. The van der Waals surface area contributed by atoms with Gasteiger partial charge in [-0.1, -0.05) is 113 Å². The Balaban J connectivity index is 0.000000286. The number of hydrogen-bond donors (Lipinski definition) is 1. The fourth-order valence-electron chi connectivity index (χ4n) is 2.49. The fourth-order valence-corrected chi connectivity index (χ4v) is 3.53. The molecule has 0 saturated carbocycles. The maximum atomic E-state index is 5.83. The van der Waals surface area contributed by atoms with Gasteiger partial charge in [0, 0.05) is 10.3 Å². The summed E-state index contributed by atoms with van der Waals surface area (Å²) in [6, 6.07) is 12.0. The molecule has 1 aromatic carbocycles. The largest absolute Gasteiger partial charge is 0.397 e. The Hall–Kier alpha value is -3.04. The molecular formula is C27H32N2S. The van der Waals surface area contributed by atoms with Gasteiger partial charge in [0.05, 0.1) is 11.9 Å². The van der Waals surface area contributed by atoms with Gasteiger partial charge >= 0.3 is 0 Å². The Bertz CT molecular complexity index is 935. The lowest BCUT2D eigenvalue weighted by Gasteiger charge is -2.26. The number of hydrogen-bond acceptors (Lipinski definition) is 3. The molecule has 3 rings (SSSR count). The quantitative estimate of drug-likeness (QED) is 0.520. The number of pyridine rings is 1. The van der Waals surface area contributed by atoms with Crippen molar-refractivity contribution < 1.29 is 0 Å². The molecule has 2 N–H and O–H groups in total. The van der Waals surface area contributed by atoms with E-state index < -0.39 is 0 Å². The molecule has 0 fully saturated rings. The van der Waals surface area contributed by atoms with Gasteiger partial charge in [0.25, 0.3) is 0 Å². The number of rotatable bonds is 3. The van der Waals surface area contributed by atoms with Crippen LogP contribution in [0.5, 0.6) is 0 Å². The smallest absolute Gasteiger partial charge is 0.105 e. The van der Waals surface area contributed by atoms with Gasteiger partial charge in [-0.25, -0.2) is 4.98 Å². The molecule has 30 heavy (non-hydrogen) atoms. The van der Waals surface area contributed by atoms with E-state index in [2.05, 4.69) is 51.2 Å². The molecule has 0 atom stereocenters. The molecule has 2 heterocycles. The Morgan fingerprint density at radius 2 is 1.73 bits per heavy atom. The monoisotopic (exact) mass is 416 g/mol. The molecule has 1 aliphatic rings. The van der Waals surface area contributed by atoms with Crippen LogP contribution < -0.4 is 5.73 Å². The van der Waals surface area contributed by atoms with Crippen molar-refractivity contribution in [3.63, 3.8) is 0 Å². The second kappa shape index (κ2) is 12.5. The molecule has 0 aliphatic carbocycles. The lowest BCUT2D eigenvalue weighted by Crippen LogP contribution is -2.19. The first-order valence-corrected chi connectivity index (χ1v) is 10.5. The van der Waals surface area contributed by atoms with Crippen LogP contribution in [-0.4, -0.2) is 4.98 Å². The molecular weight excluding hydrogens is 384 g/mol. The predicted molar refractivity (Wildman–Crippen MR) is 136 cm³/mol. The molecule has 156 valence electrons. The average Bonchev–Trinajstić information content (AvgIpc) is 2.84. The zero-order valence-corrected chi connectivity index (χ0v) is 19.1. The maximum Gasteiger partial charge on any atom is 0.105 e. The highest BCUT2D eigenvalue weighted by molar-refractivity contribution is 8.03. The Kier molecular flexibility index (Phi) is 10.4. The minimum Gasteiger partial charge on any atom is -0.397 e. The number of nitrogens with zero attached hydrogens (tertiary/aromatic N) is 1. The molecule has 0 spiro atoms. The van der Waals surface area contributed by atoms with Crippen LogP contribution in [-0.2, 0) is 5.41 Å². The number of allylic oxidation sites excluding steroid dienone is 6.